The lowest BCUT2D eigenvalue weighted by Gasteiger charge is -2.37. The van der Waals surface area contributed by atoms with Gasteiger partial charge in [-0.15, -0.1) is 0 Å². The second kappa shape index (κ2) is 9.85. The summed E-state index contributed by atoms with van der Waals surface area (Å²) in [7, 11) is 0. The first-order valence-electron chi connectivity index (χ1n) is 10.6. The highest BCUT2D eigenvalue weighted by Gasteiger charge is 2.32. The summed E-state index contributed by atoms with van der Waals surface area (Å²) >= 11 is 6.10. The molecule has 0 aliphatic carbocycles. The number of carbonyl (C=O) groups excluding carboxylic acids is 1. The van der Waals surface area contributed by atoms with E-state index in [1.807, 2.05) is 23.1 Å². The molecule has 0 atom stereocenters. The summed E-state index contributed by atoms with van der Waals surface area (Å²) in [4.78, 5) is 17.1. The van der Waals surface area contributed by atoms with E-state index < -0.39 is 17.6 Å². The second-order valence-electron chi connectivity index (χ2n) is 7.91. The maximum Gasteiger partial charge on any atom is 0.416 e. The quantitative estimate of drug-likeness (QED) is 0.498. The number of halogens is 4. The first-order valence-corrected chi connectivity index (χ1v) is 11.0. The van der Waals surface area contributed by atoms with Crippen molar-refractivity contribution in [2.75, 3.05) is 36.4 Å². The van der Waals surface area contributed by atoms with Crippen molar-refractivity contribution in [2.45, 2.75) is 12.7 Å². The van der Waals surface area contributed by atoms with Gasteiger partial charge in [-0.2, -0.15) is 13.2 Å². The van der Waals surface area contributed by atoms with Gasteiger partial charge in [0.2, 0.25) is 0 Å². The molecule has 33 heavy (non-hydrogen) atoms. The molecule has 0 aromatic heterocycles. The lowest BCUT2D eigenvalue weighted by atomic mass is 10.1. The molecule has 1 saturated heterocycles. The second-order valence-corrected chi connectivity index (χ2v) is 8.32. The average Bonchev–Trinajstić information content (AvgIpc) is 2.80. The van der Waals surface area contributed by atoms with E-state index >= 15 is 0 Å². The number of nitrogens with zero attached hydrogens (tertiary/aromatic N) is 2. The van der Waals surface area contributed by atoms with Crippen molar-refractivity contribution in [1.82, 2.24) is 4.90 Å². The molecular formula is C25H23ClF3N3O. The van der Waals surface area contributed by atoms with Crippen LogP contribution in [0, 0.1) is 0 Å². The summed E-state index contributed by atoms with van der Waals surface area (Å²) in [5.74, 6) is -0.552. The predicted octanol–water partition coefficient (Wildman–Crippen LogP) is 5.93. The zero-order valence-electron chi connectivity index (χ0n) is 17.8. The third-order valence-corrected chi connectivity index (χ3v) is 5.98. The topological polar surface area (TPSA) is 35.6 Å². The van der Waals surface area contributed by atoms with Crippen molar-refractivity contribution in [3.05, 3.63) is 94.5 Å². The van der Waals surface area contributed by atoms with Gasteiger partial charge in [0.1, 0.15) is 0 Å². The van der Waals surface area contributed by atoms with E-state index in [2.05, 4.69) is 22.3 Å². The Morgan fingerprint density at radius 1 is 0.909 bits per heavy atom. The van der Waals surface area contributed by atoms with Crippen molar-refractivity contribution in [3.8, 4) is 0 Å². The van der Waals surface area contributed by atoms with Gasteiger partial charge < -0.3 is 10.2 Å². The van der Waals surface area contributed by atoms with Crippen LogP contribution in [0.25, 0.3) is 0 Å². The summed E-state index contributed by atoms with van der Waals surface area (Å²) in [6.45, 7) is 3.60. The van der Waals surface area contributed by atoms with E-state index in [9.17, 15) is 18.0 Å². The van der Waals surface area contributed by atoms with Crippen molar-refractivity contribution < 1.29 is 18.0 Å². The van der Waals surface area contributed by atoms with Crippen LogP contribution in [-0.2, 0) is 12.7 Å². The zero-order valence-corrected chi connectivity index (χ0v) is 18.5. The molecule has 8 heteroatoms. The number of carbonyl (C=O) groups is 1. The van der Waals surface area contributed by atoms with E-state index in [0.29, 0.717) is 18.8 Å². The van der Waals surface area contributed by atoms with Gasteiger partial charge in [-0.1, -0.05) is 54.1 Å². The van der Waals surface area contributed by atoms with Gasteiger partial charge >= 0.3 is 6.18 Å². The van der Waals surface area contributed by atoms with Gasteiger partial charge in [-0.05, 0) is 35.9 Å². The normalized spacial score (nSPS) is 14.8. The van der Waals surface area contributed by atoms with Crippen LogP contribution in [0.5, 0.6) is 0 Å². The maximum atomic E-state index is 13.4. The molecule has 1 aliphatic heterocycles. The highest BCUT2D eigenvalue weighted by molar-refractivity contribution is 6.34. The Labute approximate surface area is 195 Å². The van der Waals surface area contributed by atoms with Crippen LogP contribution in [0.3, 0.4) is 0 Å². The zero-order chi connectivity index (χ0) is 23.4. The molecule has 3 aromatic carbocycles. The van der Waals surface area contributed by atoms with Gasteiger partial charge in [-0.25, -0.2) is 0 Å². The summed E-state index contributed by atoms with van der Waals surface area (Å²) in [5, 5.41) is 2.88. The molecule has 0 saturated carbocycles. The predicted molar refractivity (Wildman–Crippen MR) is 125 cm³/mol. The minimum atomic E-state index is -4.52. The van der Waals surface area contributed by atoms with Gasteiger partial charge in [0.15, 0.2) is 0 Å². The van der Waals surface area contributed by atoms with Crippen molar-refractivity contribution >= 4 is 28.9 Å². The molecule has 1 amide bonds. The molecule has 1 fully saturated rings. The SMILES string of the molecule is O=C(Nc1cc(C(F)(F)F)ccc1N1CCN(Cc2ccccc2)CC1)c1ccccc1Cl. The third kappa shape index (κ3) is 5.67. The van der Waals surface area contributed by atoms with Crippen molar-refractivity contribution in [3.63, 3.8) is 0 Å². The van der Waals surface area contributed by atoms with Crippen molar-refractivity contribution in [2.24, 2.45) is 0 Å². The molecule has 1 aliphatic rings. The van der Waals surface area contributed by atoms with E-state index in [0.717, 1.165) is 31.8 Å². The Morgan fingerprint density at radius 3 is 2.24 bits per heavy atom. The molecule has 3 aromatic rings. The standard InChI is InChI=1S/C25H23ClF3N3O/c26-21-9-5-4-8-20(21)24(33)30-22-16-19(25(27,28)29)10-11-23(22)32-14-12-31(13-15-32)17-18-6-2-1-3-7-18/h1-11,16H,12-15,17H2,(H,30,33). The monoisotopic (exact) mass is 473 g/mol. The fraction of sp³-hybridized carbons (Fsp3) is 0.240. The molecule has 0 radical (unpaired) electrons. The number of nitrogens with one attached hydrogen (secondary N) is 1. The van der Waals surface area contributed by atoms with Crippen LogP contribution >= 0.6 is 11.6 Å². The van der Waals surface area contributed by atoms with Crippen LogP contribution in [0.15, 0.2) is 72.8 Å². The third-order valence-electron chi connectivity index (χ3n) is 5.65. The Balaban J connectivity index is 1.54. The molecule has 0 spiro atoms. The Kier molecular flexibility index (Phi) is 6.91. The van der Waals surface area contributed by atoms with Gasteiger partial charge in [0.25, 0.3) is 5.91 Å². The molecule has 4 nitrogen and oxygen atoms in total. The molecule has 1 N–H and O–H groups in total. The van der Waals surface area contributed by atoms with Gasteiger partial charge in [-0.3, -0.25) is 9.69 Å². The van der Waals surface area contributed by atoms with Crippen LogP contribution in [0.2, 0.25) is 5.02 Å². The number of benzene rings is 3. The number of anilines is 2. The van der Waals surface area contributed by atoms with Gasteiger partial charge in [0, 0.05) is 32.7 Å². The Hall–Kier alpha value is -3.03. The fourth-order valence-electron chi connectivity index (χ4n) is 3.91. The molecule has 0 bridgehead atoms. The first kappa shape index (κ1) is 23.1. The van der Waals surface area contributed by atoms with E-state index in [-0.39, 0.29) is 16.3 Å². The molecule has 4 rings (SSSR count). The largest absolute Gasteiger partial charge is 0.416 e. The van der Waals surface area contributed by atoms with E-state index in [1.54, 1.807) is 18.2 Å². The van der Waals surface area contributed by atoms with Crippen LogP contribution in [0.1, 0.15) is 21.5 Å². The van der Waals surface area contributed by atoms with E-state index in [4.69, 9.17) is 11.6 Å². The number of hydrogen-bond donors (Lipinski definition) is 1. The number of alkyl halides is 3. The van der Waals surface area contributed by atoms with Crippen LogP contribution in [0.4, 0.5) is 24.5 Å². The summed E-state index contributed by atoms with van der Waals surface area (Å²) in [6, 6.07) is 20.0. The smallest absolute Gasteiger partial charge is 0.367 e. The molecule has 172 valence electrons. The first-order chi connectivity index (χ1) is 15.8. The number of rotatable bonds is 5. The maximum absolute atomic E-state index is 13.4. The van der Waals surface area contributed by atoms with Crippen LogP contribution < -0.4 is 10.2 Å². The summed E-state index contributed by atoms with van der Waals surface area (Å²) < 4.78 is 40.1. The van der Waals surface area contributed by atoms with Crippen molar-refractivity contribution in [1.29, 1.82) is 0 Å². The molecular weight excluding hydrogens is 451 g/mol. The lowest BCUT2D eigenvalue weighted by molar-refractivity contribution is -0.137. The highest BCUT2D eigenvalue weighted by Crippen LogP contribution is 2.36. The minimum absolute atomic E-state index is 0.117. The average molecular weight is 474 g/mol. The minimum Gasteiger partial charge on any atom is -0.367 e. The summed E-state index contributed by atoms with van der Waals surface area (Å²) in [5.41, 5.74) is 1.28. The van der Waals surface area contributed by atoms with Crippen LogP contribution in [-0.4, -0.2) is 37.0 Å². The Bertz CT molecular complexity index is 1110. The Morgan fingerprint density at radius 2 is 1.58 bits per heavy atom. The summed E-state index contributed by atoms with van der Waals surface area (Å²) in [6.07, 6.45) is -4.52. The number of piperazine rings is 1. The number of amides is 1. The van der Waals surface area contributed by atoms with Gasteiger partial charge in [0.05, 0.1) is 27.5 Å². The lowest BCUT2D eigenvalue weighted by Crippen LogP contribution is -2.46. The molecule has 0 unspecified atom stereocenters. The fourth-order valence-corrected chi connectivity index (χ4v) is 4.13. The highest BCUT2D eigenvalue weighted by atomic mass is 35.5. The molecule has 1 heterocycles. The number of hydrogen-bond acceptors (Lipinski definition) is 3. The van der Waals surface area contributed by atoms with E-state index in [1.165, 1.54) is 17.7 Å².